The maximum Gasteiger partial charge on any atom is 0.243 e. The molecule has 1 amide bonds. The lowest BCUT2D eigenvalue weighted by molar-refractivity contribution is -0.127. The van der Waals surface area contributed by atoms with Crippen LogP contribution in [0.25, 0.3) is 0 Å². The molecule has 33 heavy (non-hydrogen) atoms. The van der Waals surface area contributed by atoms with Crippen molar-refractivity contribution in [1.29, 1.82) is 0 Å². The Bertz CT molecular complexity index is 723. The van der Waals surface area contributed by atoms with Crippen molar-refractivity contribution < 1.29 is 4.79 Å². The molecule has 2 aliphatic heterocycles. The number of guanidine groups is 1. The number of likely N-dealkylation sites (tertiary alicyclic amines) is 2. The van der Waals surface area contributed by atoms with E-state index in [2.05, 4.69) is 51.3 Å². The summed E-state index contributed by atoms with van der Waals surface area (Å²) in [6, 6.07) is 10.5. The van der Waals surface area contributed by atoms with E-state index in [-0.39, 0.29) is 36.4 Å². The number of amides is 1. The third-order valence-electron chi connectivity index (χ3n) is 6.56. The Morgan fingerprint density at radius 1 is 1.09 bits per heavy atom. The molecular formula is C25H43IN6O. The number of hydrogen-bond donors (Lipinski definition) is 1. The average Bonchev–Trinajstić information content (AvgIpc) is 3.27. The summed E-state index contributed by atoms with van der Waals surface area (Å²) in [7, 11) is 5.70. The molecular weight excluding hydrogens is 527 g/mol. The predicted molar refractivity (Wildman–Crippen MR) is 149 cm³/mol. The summed E-state index contributed by atoms with van der Waals surface area (Å²) >= 11 is 0. The molecule has 0 radical (unpaired) electrons. The highest BCUT2D eigenvalue weighted by Gasteiger charge is 2.27. The van der Waals surface area contributed by atoms with Gasteiger partial charge in [0, 0.05) is 59.6 Å². The molecule has 0 aliphatic carbocycles. The van der Waals surface area contributed by atoms with Gasteiger partial charge >= 0.3 is 0 Å². The number of carbonyl (C=O) groups is 1. The second kappa shape index (κ2) is 14.7. The minimum Gasteiger partial charge on any atom is -0.375 e. The molecule has 2 fully saturated rings. The minimum absolute atomic E-state index is 0. The van der Waals surface area contributed by atoms with Crippen molar-refractivity contribution in [2.24, 2.45) is 10.9 Å². The molecule has 0 aromatic heterocycles. The van der Waals surface area contributed by atoms with E-state index >= 15 is 0 Å². The second-order valence-corrected chi connectivity index (χ2v) is 9.43. The van der Waals surface area contributed by atoms with E-state index in [0.29, 0.717) is 5.92 Å². The summed E-state index contributed by atoms with van der Waals surface area (Å²) in [6.07, 6.45) is 6.28. The van der Waals surface area contributed by atoms with E-state index in [1.165, 1.54) is 51.0 Å². The van der Waals surface area contributed by atoms with Crippen molar-refractivity contribution in [3.63, 3.8) is 0 Å². The number of rotatable bonds is 9. The Balaban J connectivity index is 0.00000385. The molecule has 0 bridgehead atoms. The number of hydrogen-bond acceptors (Lipinski definition) is 4. The lowest BCUT2D eigenvalue weighted by Crippen LogP contribution is -2.42. The molecule has 0 spiro atoms. The third-order valence-corrected chi connectivity index (χ3v) is 6.56. The van der Waals surface area contributed by atoms with Gasteiger partial charge in [0.25, 0.3) is 0 Å². The molecule has 1 atom stereocenters. The van der Waals surface area contributed by atoms with Gasteiger partial charge in [0.1, 0.15) is 6.54 Å². The molecule has 7 nitrogen and oxygen atoms in total. The molecule has 1 unspecified atom stereocenters. The SMILES string of the molecule is CN(C)C(=O)CN=C(NCCCN(C)c1ccccc1)N1CCC(CN2CCCCC2)C1.I. The number of para-hydroxylation sites is 1. The number of benzene rings is 1. The first-order valence-electron chi connectivity index (χ1n) is 12.2. The number of carbonyl (C=O) groups excluding carboxylic acids is 1. The van der Waals surface area contributed by atoms with Crippen LogP contribution in [0.15, 0.2) is 35.3 Å². The molecule has 8 heteroatoms. The van der Waals surface area contributed by atoms with E-state index in [4.69, 9.17) is 4.99 Å². The first kappa shape index (κ1) is 27.7. The number of likely N-dealkylation sites (N-methyl/N-ethyl adjacent to an activating group) is 1. The first-order chi connectivity index (χ1) is 15.5. The van der Waals surface area contributed by atoms with Crippen LogP contribution in [-0.4, -0.2) is 100 Å². The zero-order chi connectivity index (χ0) is 22.8. The van der Waals surface area contributed by atoms with Crippen LogP contribution in [0.1, 0.15) is 32.1 Å². The molecule has 1 aromatic rings. The van der Waals surface area contributed by atoms with Gasteiger partial charge in [-0.15, -0.1) is 24.0 Å². The highest BCUT2D eigenvalue weighted by molar-refractivity contribution is 14.0. The van der Waals surface area contributed by atoms with Crippen molar-refractivity contribution in [2.45, 2.75) is 32.1 Å². The van der Waals surface area contributed by atoms with Gasteiger partial charge in [-0.2, -0.15) is 0 Å². The van der Waals surface area contributed by atoms with Gasteiger partial charge in [-0.1, -0.05) is 24.6 Å². The van der Waals surface area contributed by atoms with Gasteiger partial charge in [0.15, 0.2) is 5.96 Å². The van der Waals surface area contributed by atoms with E-state index in [1.54, 1.807) is 19.0 Å². The van der Waals surface area contributed by atoms with Crippen molar-refractivity contribution in [2.75, 3.05) is 78.4 Å². The molecule has 186 valence electrons. The Labute approximate surface area is 217 Å². The summed E-state index contributed by atoms with van der Waals surface area (Å²) in [5.74, 6) is 1.62. The lowest BCUT2D eigenvalue weighted by Gasteiger charge is -2.29. The average molecular weight is 571 g/mol. The molecule has 1 aromatic carbocycles. The van der Waals surface area contributed by atoms with Crippen LogP contribution in [0.5, 0.6) is 0 Å². The fourth-order valence-electron chi connectivity index (χ4n) is 4.56. The lowest BCUT2D eigenvalue weighted by atomic mass is 10.1. The number of nitrogens with one attached hydrogen (secondary N) is 1. The van der Waals surface area contributed by atoms with Crippen molar-refractivity contribution in [3.8, 4) is 0 Å². The molecule has 2 aliphatic rings. The molecule has 2 heterocycles. The zero-order valence-electron chi connectivity index (χ0n) is 20.7. The van der Waals surface area contributed by atoms with Crippen LogP contribution in [0, 0.1) is 5.92 Å². The molecule has 2 saturated heterocycles. The second-order valence-electron chi connectivity index (χ2n) is 9.43. The monoisotopic (exact) mass is 570 g/mol. The highest BCUT2D eigenvalue weighted by atomic mass is 127. The predicted octanol–water partition coefficient (Wildman–Crippen LogP) is 2.97. The quantitative estimate of drug-likeness (QED) is 0.214. The van der Waals surface area contributed by atoms with E-state index < -0.39 is 0 Å². The maximum absolute atomic E-state index is 12.1. The van der Waals surface area contributed by atoms with Crippen LogP contribution in [-0.2, 0) is 4.79 Å². The summed E-state index contributed by atoms with van der Waals surface area (Å²) in [6.45, 7) is 7.77. The number of anilines is 1. The van der Waals surface area contributed by atoms with Gasteiger partial charge in [-0.3, -0.25) is 4.79 Å². The van der Waals surface area contributed by atoms with Crippen LogP contribution in [0.2, 0.25) is 0 Å². The zero-order valence-corrected chi connectivity index (χ0v) is 23.0. The van der Waals surface area contributed by atoms with Gasteiger partial charge < -0.3 is 24.9 Å². The van der Waals surface area contributed by atoms with E-state index in [9.17, 15) is 4.79 Å². The number of piperidine rings is 1. The normalized spacial score (nSPS) is 19.2. The maximum atomic E-state index is 12.1. The fraction of sp³-hybridized carbons (Fsp3) is 0.680. The van der Waals surface area contributed by atoms with Gasteiger partial charge in [-0.05, 0) is 56.8 Å². The van der Waals surface area contributed by atoms with Crippen LogP contribution < -0.4 is 10.2 Å². The first-order valence-corrected chi connectivity index (χ1v) is 12.2. The highest BCUT2D eigenvalue weighted by Crippen LogP contribution is 2.20. The van der Waals surface area contributed by atoms with Gasteiger partial charge in [0.2, 0.25) is 5.91 Å². The van der Waals surface area contributed by atoms with Gasteiger partial charge in [0.05, 0.1) is 0 Å². The smallest absolute Gasteiger partial charge is 0.243 e. The third kappa shape index (κ3) is 9.31. The fourth-order valence-corrected chi connectivity index (χ4v) is 4.56. The van der Waals surface area contributed by atoms with Crippen molar-refractivity contribution >= 4 is 41.5 Å². The molecule has 3 rings (SSSR count). The Kier molecular flexibility index (Phi) is 12.3. The number of aliphatic imine (C=N–C) groups is 1. The number of halogens is 1. The van der Waals surface area contributed by atoms with E-state index in [1.807, 2.05) is 6.07 Å². The Hall–Kier alpha value is -1.55. The van der Waals surface area contributed by atoms with Crippen molar-refractivity contribution in [1.82, 2.24) is 20.0 Å². The summed E-state index contributed by atoms with van der Waals surface area (Å²) < 4.78 is 0. The van der Waals surface area contributed by atoms with Crippen LogP contribution in [0.4, 0.5) is 5.69 Å². The van der Waals surface area contributed by atoms with Crippen LogP contribution >= 0.6 is 24.0 Å². The standard InChI is InChI=1S/C25H42N6O.HI/c1-28(2)24(32)19-27-25(26-14-10-15-29(3)23-11-6-4-7-12-23)31-18-13-22(21-31)20-30-16-8-5-9-17-30;/h4,6-7,11-12,22H,5,8-10,13-21H2,1-3H3,(H,26,27);1H. The van der Waals surface area contributed by atoms with E-state index in [0.717, 1.165) is 38.6 Å². The van der Waals surface area contributed by atoms with Gasteiger partial charge in [-0.25, -0.2) is 4.99 Å². The molecule has 1 N–H and O–H groups in total. The summed E-state index contributed by atoms with van der Waals surface area (Å²) in [5, 5.41) is 3.55. The summed E-state index contributed by atoms with van der Waals surface area (Å²) in [5.41, 5.74) is 1.23. The largest absolute Gasteiger partial charge is 0.375 e. The molecule has 0 saturated carbocycles. The topological polar surface area (TPSA) is 54.4 Å². The van der Waals surface area contributed by atoms with Crippen LogP contribution in [0.3, 0.4) is 0 Å². The Morgan fingerprint density at radius 3 is 2.52 bits per heavy atom. The van der Waals surface area contributed by atoms with Crippen molar-refractivity contribution in [3.05, 3.63) is 30.3 Å². The number of nitrogens with zero attached hydrogens (tertiary/aromatic N) is 5. The minimum atomic E-state index is 0. The summed E-state index contributed by atoms with van der Waals surface area (Å²) in [4.78, 5) is 25.7. The Morgan fingerprint density at radius 2 is 1.82 bits per heavy atom.